The van der Waals surface area contributed by atoms with Crippen molar-refractivity contribution in [1.82, 2.24) is 10.2 Å². The molecule has 2 aromatic rings. The van der Waals surface area contributed by atoms with Crippen LogP contribution in [-0.4, -0.2) is 51.6 Å². The lowest BCUT2D eigenvalue weighted by Crippen LogP contribution is -2.33. The van der Waals surface area contributed by atoms with E-state index in [0.29, 0.717) is 30.3 Å². The highest BCUT2D eigenvalue weighted by Crippen LogP contribution is 2.34. The topological polar surface area (TPSA) is 71.1 Å². The van der Waals surface area contributed by atoms with E-state index in [1.54, 1.807) is 37.3 Å². The molecule has 0 saturated carbocycles. The quantitative estimate of drug-likeness (QED) is 0.723. The Balaban J connectivity index is 1.65. The van der Waals surface area contributed by atoms with E-state index >= 15 is 0 Å². The maximum absolute atomic E-state index is 12.8. The van der Waals surface area contributed by atoms with Crippen LogP contribution < -0.4 is 19.7 Å². The highest BCUT2D eigenvalue weighted by molar-refractivity contribution is 6.00. The molecule has 30 heavy (non-hydrogen) atoms. The maximum Gasteiger partial charge on any atom is 0.227 e. The first-order chi connectivity index (χ1) is 14.4. The molecule has 2 aromatic carbocycles. The predicted octanol–water partition coefficient (Wildman–Crippen LogP) is 2.43. The summed E-state index contributed by atoms with van der Waals surface area (Å²) in [6.45, 7) is 1.60. The molecule has 1 aliphatic heterocycles. The van der Waals surface area contributed by atoms with Gasteiger partial charge < -0.3 is 24.6 Å². The summed E-state index contributed by atoms with van der Waals surface area (Å²) in [5.74, 6) is 0.583. The third-order valence-electron chi connectivity index (χ3n) is 5.23. The summed E-state index contributed by atoms with van der Waals surface area (Å²) in [5, 5.41) is 3.01. The molecule has 1 fully saturated rings. The van der Waals surface area contributed by atoms with Gasteiger partial charge in [0, 0.05) is 37.8 Å². The van der Waals surface area contributed by atoms with Crippen molar-refractivity contribution in [3.05, 3.63) is 53.6 Å². The van der Waals surface area contributed by atoms with Gasteiger partial charge in [-0.25, -0.2) is 0 Å². The summed E-state index contributed by atoms with van der Waals surface area (Å²) < 4.78 is 10.6. The highest BCUT2D eigenvalue weighted by Gasteiger charge is 2.35. The number of rotatable bonds is 8. The van der Waals surface area contributed by atoms with E-state index < -0.39 is 0 Å². The molecule has 0 aliphatic carbocycles. The van der Waals surface area contributed by atoms with Crippen LogP contribution in [0.2, 0.25) is 0 Å². The van der Waals surface area contributed by atoms with Crippen LogP contribution in [0, 0.1) is 5.92 Å². The van der Waals surface area contributed by atoms with Crippen LogP contribution in [0.1, 0.15) is 17.5 Å². The van der Waals surface area contributed by atoms with Gasteiger partial charge in [0.15, 0.2) is 11.5 Å². The highest BCUT2D eigenvalue weighted by atomic mass is 16.5. The van der Waals surface area contributed by atoms with Crippen LogP contribution in [0.5, 0.6) is 11.5 Å². The van der Waals surface area contributed by atoms with Crippen molar-refractivity contribution in [3.8, 4) is 11.5 Å². The summed E-state index contributed by atoms with van der Waals surface area (Å²) in [7, 11) is 7.15. The molecule has 0 aromatic heterocycles. The van der Waals surface area contributed by atoms with Gasteiger partial charge in [0.25, 0.3) is 0 Å². The van der Waals surface area contributed by atoms with Crippen molar-refractivity contribution >= 4 is 17.5 Å². The molecule has 3 rings (SSSR count). The van der Waals surface area contributed by atoms with Gasteiger partial charge in [0.1, 0.15) is 0 Å². The summed E-state index contributed by atoms with van der Waals surface area (Å²) in [4.78, 5) is 29.0. The van der Waals surface area contributed by atoms with Gasteiger partial charge in [-0.05, 0) is 37.4 Å². The normalized spacial score (nSPS) is 16.1. The predicted molar refractivity (Wildman–Crippen MR) is 116 cm³/mol. The smallest absolute Gasteiger partial charge is 0.227 e. The number of amides is 2. The average molecular weight is 412 g/mol. The molecule has 160 valence electrons. The van der Waals surface area contributed by atoms with E-state index in [4.69, 9.17) is 9.47 Å². The van der Waals surface area contributed by atoms with E-state index in [9.17, 15) is 9.59 Å². The Kier molecular flexibility index (Phi) is 6.95. The lowest BCUT2D eigenvalue weighted by atomic mass is 10.1. The molecular formula is C23H29N3O4. The van der Waals surface area contributed by atoms with Crippen molar-refractivity contribution in [2.45, 2.75) is 19.5 Å². The number of benzene rings is 2. The van der Waals surface area contributed by atoms with Gasteiger partial charge in [-0.15, -0.1) is 0 Å². The Hall–Kier alpha value is -3.06. The van der Waals surface area contributed by atoms with E-state index in [0.717, 1.165) is 12.1 Å². The Morgan fingerprint density at radius 3 is 2.47 bits per heavy atom. The van der Waals surface area contributed by atoms with Crippen LogP contribution in [0.15, 0.2) is 42.5 Å². The summed E-state index contributed by atoms with van der Waals surface area (Å²) >= 11 is 0. The number of ether oxygens (including phenoxy) is 2. The average Bonchev–Trinajstić information content (AvgIpc) is 3.13. The minimum Gasteiger partial charge on any atom is -0.493 e. The van der Waals surface area contributed by atoms with E-state index in [-0.39, 0.29) is 24.2 Å². The fourth-order valence-corrected chi connectivity index (χ4v) is 3.68. The number of carbonyl (C=O) groups excluding carboxylic acids is 2. The number of hydrogen-bond donors (Lipinski definition) is 1. The lowest BCUT2D eigenvalue weighted by molar-refractivity contribution is -0.126. The first-order valence-corrected chi connectivity index (χ1v) is 9.94. The first kappa shape index (κ1) is 21.6. The number of nitrogens with zero attached hydrogens (tertiary/aromatic N) is 2. The van der Waals surface area contributed by atoms with Crippen molar-refractivity contribution < 1.29 is 19.1 Å². The zero-order valence-corrected chi connectivity index (χ0v) is 18.0. The van der Waals surface area contributed by atoms with Crippen LogP contribution in [0.25, 0.3) is 0 Å². The lowest BCUT2D eigenvalue weighted by Gasteiger charge is -2.19. The Morgan fingerprint density at radius 1 is 1.10 bits per heavy atom. The number of nitrogens with one attached hydrogen (secondary N) is 1. The standard InChI is InChI=1S/C23H29N3O4/c1-25(2)14-17-8-6-5-7-16(17)13-24-23(28)18-11-22(27)26(15-18)19-9-10-20(29-3)21(12-19)30-4/h5-10,12,18H,11,13-15H2,1-4H3,(H,24,28). The molecule has 0 radical (unpaired) electrons. The number of carbonyl (C=O) groups is 2. The van der Waals surface area contributed by atoms with Crippen molar-refractivity contribution in [2.24, 2.45) is 5.92 Å². The second kappa shape index (κ2) is 9.63. The zero-order chi connectivity index (χ0) is 21.7. The van der Waals surface area contributed by atoms with Gasteiger partial charge in [-0.2, -0.15) is 0 Å². The maximum atomic E-state index is 12.8. The third kappa shape index (κ3) is 4.91. The van der Waals surface area contributed by atoms with Crippen LogP contribution in [0.4, 0.5) is 5.69 Å². The molecule has 1 heterocycles. The molecule has 0 bridgehead atoms. The second-order valence-corrected chi connectivity index (χ2v) is 7.67. The van der Waals surface area contributed by atoms with Crippen molar-refractivity contribution in [3.63, 3.8) is 0 Å². The van der Waals surface area contributed by atoms with Crippen LogP contribution in [-0.2, 0) is 22.7 Å². The third-order valence-corrected chi connectivity index (χ3v) is 5.23. The van der Waals surface area contributed by atoms with Gasteiger partial charge >= 0.3 is 0 Å². The summed E-state index contributed by atoms with van der Waals surface area (Å²) in [5.41, 5.74) is 2.96. The van der Waals surface area contributed by atoms with Gasteiger partial charge in [0.2, 0.25) is 11.8 Å². The van der Waals surface area contributed by atoms with E-state index in [2.05, 4.69) is 16.3 Å². The van der Waals surface area contributed by atoms with E-state index in [1.807, 2.05) is 32.3 Å². The second-order valence-electron chi connectivity index (χ2n) is 7.67. The molecule has 7 nitrogen and oxygen atoms in total. The number of methoxy groups -OCH3 is 2. The molecule has 1 unspecified atom stereocenters. The Labute approximate surface area is 177 Å². The largest absolute Gasteiger partial charge is 0.493 e. The zero-order valence-electron chi connectivity index (χ0n) is 18.0. The minimum atomic E-state index is -0.383. The van der Waals surface area contributed by atoms with E-state index in [1.165, 1.54) is 5.56 Å². The number of anilines is 1. The van der Waals surface area contributed by atoms with Gasteiger partial charge in [-0.1, -0.05) is 24.3 Å². The monoisotopic (exact) mass is 411 g/mol. The van der Waals surface area contributed by atoms with Crippen LogP contribution >= 0.6 is 0 Å². The fraction of sp³-hybridized carbons (Fsp3) is 0.391. The molecular weight excluding hydrogens is 382 g/mol. The molecule has 1 N–H and O–H groups in total. The molecule has 2 amide bonds. The van der Waals surface area contributed by atoms with Crippen LogP contribution in [0.3, 0.4) is 0 Å². The summed E-state index contributed by atoms with van der Waals surface area (Å²) in [6.07, 6.45) is 0.194. The van der Waals surface area contributed by atoms with Gasteiger partial charge in [0.05, 0.1) is 20.1 Å². The molecule has 1 atom stereocenters. The fourth-order valence-electron chi connectivity index (χ4n) is 3.68. The summed E-state index contributed by atoms with van der Waals surface area (Å²) in [6, 6.07) is 13.4. The molecule has 0 spiro atoms. The number of hydrogen-bond acceptors (Lipinski definition) is 5. The first-order valence-electron chi connectivity index (χ1n) is 9.94. The SMILES string of the molecule is COc1ccc(N2CC(C(=O)NCc3ccccc3CN(C)C)CC2=O)cc1OC. The van der Waals surface area contributed by atoms with Crippen molar-refractivity contribution in [2.75, 3.05) is 39.8 Å². The minimum absolute atomic E-state index is 0.0737. The Bertz CT molecular complexity index is 913. The van der Waals surface area contributed by atoms with Gasteiger partial charge in [-0.3, -0.25) is 9.59 Å². The molecule has 1 aliphatic rings. The van der Waals surface area contributed by atoms with Crippen molar-refractivity contribution in [1.29, 1.82) is 0 Å². The molecule has 1 saturated heterocycles. The molecule has 7 heteroatoms. The Morgan fingerprint density at radius 2 is 1.80 bits per heavy atom.